The molecule has 1 aliphatic heterocycles. The van der Waals surface area contributed by atoms with Gasteiger partial charge >= 0.3 is 0 Å². The number of nitrogens with zero attached hydrogens (tertiary/aromatic N) is 3. The van der Waals surface area contributed by atoms with E-state index in [1.807, 2.05) is 13.8 Å². The van der Waals surface area contributed by atoms with Crippen LogP contribution in [0, 0.1) is 5.92 Å². The highest BCUT2D eigenvalue weighted by molar-refractivity contribution is 4.81. The van der Waals surface area contributed by atoms with E-state index in [0.29, 0.717) is 6.04 Å². The number of hydrogen-bond acceptors (Lipinski definition) is 3. The molecule has 0 spiro atoms. The van der Waals surface area contributed by atoms with Gasteiger partial charge in [0.2, 0.25) is 0 Å². The molecule has 1 saturated heterocycles. The van der Waals surface area contributed by atoms with E-state index in [-0.39, 0.29) is 0 Å². The van der Waals surface area contributed by atoms with E-state index in [0.717, 1.165) is 12.0 Å². The molecule has 3 nitrogen and oxygen atoms in total. The fourth-order valence-electron chi connectivity index (χ4n) is 3.27. The van der Waals surface area contributed by atoms with Crippen LogP contribution in [0.2, 0.25) is 0 Å². The van der Waals surface area contributed by atoms with Gasteiger partial charge in [-0.25, -0.2) is 0 Å². The topological polar surface area (TPSA) is 9.72 Å². The zero-order valence-electron chi connectivity index (χ0n) is 18.1. The third-order valence-electron chi connectivity index (χ3n) is 5.15. The summed E-state index contributed by atoms with van der Waals surface area (Å²) in [5, 5.41) is 0. The van der Waals surface area contributed by atoms with Crippen molar-refractivity contribution in [1.82, 2.24) is 14.7 Å². The molecule has 0 amide bonds. The van der Waals surface area contributed by atoms with Crippen LogP contribution in [0.15, 0.2) is 0 Å². The zero-order chi connectivity index (χ0) is 18.5. The van der Waals surface area contributed by atoms with Gasteiger partial charge in [-0.1, -0.05) is 47.0 Å². The molecule has 1 aliphatic carbocycles. The highest BCUT2D eigenvalue weighted by Gasteiger charge is 2.24. The third-order valence-corrected chi connectivity index (χ3v) is 5.15. The summed E-state index contributed by atoms with van der Waals surface area (Å²) in [4.78, 5) is 7.57. The van der Waals surface area contributed by atoms with Gasteiger partial charge in [0.05, 0.1) is 0 Å². The first-order chi connectivity index (χ1) is 11.4. The molecule has 0 N–H and O–H groups in total. The van der Waals surface area contributed by atoms with Crippen LogP contribution in [-0.2, 0) is 0 Å². The second kappa shape index (κ2) is 14.1. The first kappa shape index (κ1) is 23.9. The minimum absolute atomic E-state index is 0.685. The molecular weight excluding hydrogens is 294 g/mol. The maximum atomic E-state index is 2.76. The van der Waals surface area contributed by atoms with Gasteiger partial charge in [0, 0.05) is 44.8 Å². The summed E-state index contributed by atoms with van der Waals surface area (Å²) < 4.78 is 0. The average Bonchev–Trinajstić information content (AvgIpc) is 2.58. The lowest BCUT2D eigenvalue weighted by molar-refractivity contribution is 0.0735. The van der Waals surface area contributed by atoms with Crippen LogP contribution in [0.3, 0.4) is 0 Å². The van der Waals surface area contributed by atoms with Crippen molar-refractivity contribution < 1.29 is 0 Å². The molecule has 3 heteroatoms. The molecule has 1 saturated carbocycles. The maximum absolute atomic E-state index is 2.76. The van der Waals surface area contributed by atoms with Gasteiger partial charge in [-0.2, -0.15) is 0 Å². The molecule has 0 atom stereocenters. The lowest BCUT2D eigenvalue weighted by Gasteiger charge is -2.41. The van der Waals surface area contributed by atoms with Crippen molar-refractivity contribution in [1.29, 1.82) is 0 Å². The predicted octanol–water partition coefficient (Wildman–Crippen LogP) is 4.58. The Labute approximate surface area is 153 Å². The van der Waals surface area contributed by atoms with Crippen LogP contribution >= 0.6 is 0 Å². The fraction of sp³-hybridized carbons (Fsp3) is 1.00. The molecule has 0 radical (unpaired) electrons. The molecular formula is C21H47N3. The maximum Gasteiger partial charge on any atom is 0.0113 e. The van der Waals surface area contributed by atoms with Crippen LogP contribution < -0.4 is 0 Å². The number of hydrogen-bond donors (Lipinski definition) is 0. The van der Waals surface area contributed by atoms with Gasteiger partial charge in [0.15, 0.2) is 0 Å². The van der Waals surface area contributed by atoms with Gasteiger partial charge in [-0.05, 0) is 46.7 Å². The second-order valence-electron chi connectivity index (χ2n) is 8.08. The number of rotatable bonds is 4. The smallest absolute Gasteiger partial charge is 0.0113 e. The molecule has 0 unspecified atom stereocenters. The van der Waals surface area contributed by atoms with Gasteiger partial charge < -0.3 is 9.80 Å². The van der Waals surface area contributed by atoms with Crippen molar-refractivity contribution in [2.75, 3.05) is 46.8 Å². The summed E-state index contributed by atoms with van der Waals surface area (Å²) in [7, 11) is 4.15. The van der Waals surface area contributed by atoms with E-state index in [4.69, 9.17) is 0 Å². The summed E-state index contributed by atoms with van der Waals surface area (Å²) in [5.74, 6) is 0.821. The summed E-state index contributed by atoms with van der Waals surface area (Å²) in [5.41, 5.74) is 0. The van der Waals surface area contributed by atoms with E-state index in [1.165, 1.54) is 64.8 Å². The minimum Gasteiger partial charge on any atom is -0.307 e. The molecule has 24 heavy (non-hydrogen) atoms. The molecule has 2 fully saturated rings. The Morgan fingerprint density at radius 1 is 0.833 bits per heavy atom. The molecule has 0 aromatic heterocycles. The van der Waals surface area contributed by atoms with Crippen LogP contribution in [-0.4, -0.2) is 73.6 Å². The molecule has 2 rings (SSSR count). The largest absolute Gasteiger partial charge is 0.307 e. The van der Waals surface area contributed by atoms with Crippen LogP contribution in [0.25, 0.3) is 0 Å². The van der Waals surface area contributed by atoms with Crippen molar-refractivity contribution >= 4 is 0 Å². The van der Waals surface area contributed by atoms with E-state index in [1.54, 1.807) is 0 Å². The molecule has 146 valence electrons. The minimum atomic E-state index is 0.685. The molecule has 0 aromatic rings. The molecule has 2 aliphatic rings. The lowest BCUT2D eigenvalue weighted by Crippen LogP contribution is -2.51. The van der Waals surface area contributed by atoms with Crippen molar-refractivity contribution in [3.8, 4) is 0 Å². The summed E-state index contributed by atoms with van der Waals surface area (Å²) >= 11 is 0. The Morgan fingerprint density at radius 2 is 1.29 bits per heavy atom. The standard InChI is InChI=1S/C14H28N2.C5H13N.C2H6/c1-13(2)12-15-8-10-16(11-9-15)14-6-4-3-5-7-14;1-5(2)6(3)4;1-2/h13-14H,3-12H2,1-2H3;5H,1-4H3;1-2H3. The van der Waals surface area contributed by atoms with E-state index >= 15 is 0 Å². The predicted molar refractivity (Wildman–Crippen MR) is 110 cm³/mol. The second-order valence-corrected chi connectivity index (χ2v) is 8.08. The Balaban J connectivity index is 0.000000563. The van der Waals surface area contributed by atoms with E-state index in [9.17, 15) is 0 Å². The molecule has 1 heterocycles. The average molecular weight is 342 g/mol. The molecule has 0 aromatic carbocycles. The Morgan fingerprint density at radius 3 is 1.67 bits per heavy atom. The van der Waals surface area contributed by atoms with Crippen LogP contribution in [0.4, 0.5) is 0 Å². The monoisotopic (exact) mass is 341 g/mol. The highest BCUT2D eigenvalue weighted by atomic mass is 15.3. The van der Waals surface area contributed by atoms with Crippen molar-refractivity contribution in [3.63, 3.8) is 0 Å². The quantitative estimate of drug-likeness (QED) is 0.741. The van der Waals surface area contributed by atoms with Crippen molar-refractivity contribution in [2.24, 2.45) is 5.92 Å². The highest BCUT2D eigenvalue weighted by Crippen LogP contribution is 2.23. The van der Waals surface area contributed by atoms with Gasteiger partial charge in [0.1, 0.15) is 0 Å². The molecule has 0 bridgehead atoms. The van der Waals surface area contributed by atoms with Crippen molar-refractivity contribution in [3.05, 3.63) is 0 Å². The third kappa shape index (κ3) is 10.7. The van der Waals surface area contributed by atoms with Crippen LogP contribution in [0.5, 0.6) is 0 Å². The normalized spacial score (nSPS) is 20.6. The SMILES string of the molecule is CC.CC(C)CN1CCN(C2CCCCC2)CC1.CC(C)N(C)C. The van der Waals surface area contributed by atoms with E-state index < -0.39 is 0 Å². The summed E-state index contributed by atoms with van der Waals surface area (Å²) in [6.07, 6.45) is 7.34. The van der Waals surface area contributed by atoms with Gasteiger partial charge in [-0.15, -0.1) is 0 Å². The lowest BCUT2D eigenvalue weighted by atomic mass is 9.94. The first-order valence-electron chi connectivity index (χ1n) is 10.5. The first-order valence-corrected chi connectivity index (χ1v) is 10.5. The van der Waals surface area contributed by atoms with Gasteiger partial charge in [-0.3, -0.25) is 4.90 Å². The number of piperazine rings is 1. The Hall–Kier alpha value is -0.120. The summed E-state index contributed by atoms with van der Waals surface area (Å²) in [6, 6.07) is 1.61. The zero-order valence-corrected chi connectivity index (χ0v) is 18.1. The van der Waals surface area contributed by atoms with E-state index in [2.05, 4.69) is 56.5 Å². The van der Waals surface area contributed by atoms with Gasteiger partial charge in [0.25, 0.3) is 0 Å². The Bertz CT molecular complexity index is 256. The fourth-order valence-corrected chi connectivity index (χ4v) is 3.27. The summed E-state index contributed by atoms with van der Waals surface area (Å²) in [6.45, 7) is 19.5. The Kier molecular flexibility index (Phi) is 14.0. The van der Waals surface area contributed by atoms with Crippen molar-refractivity contribution in [2.45, 2.75) is 85.7 Å². The van der Waals surface area contributed by atoms with Crippen LogP contribution in [0.1, 0.15) is 73.6 Å².